The maximum absolute atomic E-state index is 4.10. The van der Waals surface area contributed by atoms with Gasteiger partial charge in [0.2, 0.25) is 0 Å². The predicted molar refractivity (Wildman–Crippen MR) is 66.4 cm³/mol. The van der Waals surface area contributed by atoms with Crippen molar-refractivity contribution in [1.82, 2.24) is 14.8 Å². The van der Waals surface area contributed by atoms with Gasteiger partial charge in [0.15, 0.2) is 5.16 Å². The highest BCUT2D eigenvalue weighted by molar-refractivity contribution is 9.09. The van der Waals surface area contributed by atoms with Gasteiger partial charge in [-0.05, 0) is 18.3 Å². The number of halogens is 1. The summed E-state index contributed by atoms with van der Waals surface area (Å²) in [6, 6.07) is 0. The van der Waals surface area contributed by atoms with Crippen LogP contribution in [0.2, 0.25) is 0 Å². The summed E-state index contributed by atoms with van der Waals surface area (Å²) in [5.41, 5.74) is 0.497. The lowest BCUT2D eigenvalue weighted by atomic mass is 9.92. The van der Waals surface area contributed by atoms with Crippen molar-refractivity contribution in [3.05, 3.63) is 6.33 Å². The Morgan fingerprint density at radius 2 is 2.27 bits per heavy atom. The van der Waals surface area contributed by atoms with Crippen molar-refractivity contribution in [2.75, 3.05) is 11.1 Å². The Balaban J connectivity index is 1.94. The fourth-order valence-electron chi connectivity index (χ4n) is 2.06. The Kier molecular flexibility index (Phi) is 3.72. The van der Waals surface area contributed by atoms with Crippen molar-refractivity contribution in [1.29, 1.82) is 0 Å². The van der Waals surface area contributed by atoms with Crippen molar-refractivity contribution in [2.24, 2.45) is 12.5 Å². The van der Waals surface area contributed by atoms with Gasteiger partial charge in [-0.15, -0.1) is 10.2 Å². The second-order valence-corrected chi connectivity index (χ2v) is 5.86. The van der Waals surface area contributed by atoms with E-state index in [4.69, 9.17) is 0 Å². The summed E-state index contributed by atoms with van der Waals surface area (Å²) in [5.74, 6) is 1.16. The number of thioether (sulfide) groups is 1. The topological polar surface area (TPSA) is 30.7 Å². The van der Waals surface area contributed by atoms with Gasteiger partial charge in [-0.1, -0.05) is 40.5 Å². The second kappa shape index (κ2) is 4.87. The fraction of sp³-hybridized carbons (Fsp3) is 0.800. The number of aromatic nitrogens is 3. The number of rotatable bonds is 4. The molecule has 84 valence electrons. The minimum Gasteiger partial charge on any atom is -0.312 e. The smallest absolute Gasteiger partial charge is 0.190 e. The molecule has 1 heterocycles. The first-order valence-corrected chi connectivity index (χ1v) is 7.39. The van der Waals surface area contributed by atoms with Crippen LogP contribution in [0.3, 0.4) is 0 Å². The molecular weight excluding hydrogens is 274 g/mol. The minimum absolute atomic E-state index is 0.497. The molecule has 3 nitrogen and oxygen atoms in total. The first-order chi connectivity index (χ1) is 7.26. The number of aryl methyl sites for hydroxylation is 1. The molecule has 5 heteroatoms. The van der Waals surface area contributed by atoms with Crippen LogP contribution in [0.5, 0.6) is 0 Å². The van der Waals surface area contributed by atoms with Crippen LogP contribution >= 0.6 is 27.7 Å². The lowest BCUT2D eigenvalue weighted by molar-refractivity contribution is 0.405. The number of alkyl halides is 1. The lowest BCUT2D eigenvalue weighted by Crippen LogP contribution is -2.21. The van der Waals surface area contributed by atoms with E-state index in [0.717, 1.165) is 16.2 Å². The van der Waals surface area contributed by atoms with Gasteiger partial charge in [0.05, 0.1) is 0 Å². The van der Waals surface area contributed by atoms with Gasteiger partial charge in [-0.2, -0.15) is 0 Å². The summed E-state index contributed by atoms with van der Waals surface area (Å²) in [4.78, 5) is 0. The van der Waals surface area contributed by atoms with E-state index in [-0.39, 0.29) is 0 Å². The third-order valence-electron chi connectivity index (χ3n) is 3.12. The highest BCUT2D eigenvalue weighted by atomic mass is 79.9. The van der Waals surface area contributed by atoms with Crippen LogP contribution in [0, 0.1) is 5.41 Å². The molecule has 0 aliphatic heterocycles. The van der Waals surface area contributed by atoms with Gasteiger partial charge in [-0.25, -0.2) is 0 Å². The summed E-state index contributed by atoms with van der Waals surface area (Å²) in [5, 5.41) is 10.1. The minimum atomic E-state index is 0.497. The van der Waals surface area contributed by atoms with Gasteiger partial charge in [0, 0.05) is 18.1 Å². The van der Waals surface area contributed by atoms with Gasteiger partial charge in [-0.3, -0.25) is 0 Å². The highest BCUT2D eigenvalue weighted by Crippen LogP contribution is 2.43. The van der Waals surface area contributed by atoms with Crippen LogP contribution in [0.4, 0.5) is 0 Å². The van der Waals surface area contributed by atoms with E-state index in [1.165, 1.54) is 25.7 Å². The van der Waals surface area contributed by atoms with Crippen LogP contribution in [-0.2, 0) is 7.05 Å². The van der Waals surface area contributed by atoms with Crippen LogP contribution in [0.25, 0.3) is 0 Å². The summed E-state index contributed by atoms with van der Waals surface area (Å²) in [6.45, 7) is 0. The molecule has 0 amide bonds. The highest BCUT2D eigenvalue weighted by Gasteiger charge is 2.33. The van der Waals surface area contributed by atoms with Crippen LogP contribution in [0.15, 0.2) is 11.5 Å². The van der Waals surface area contributed by atoms with E-state index < -0.39 is 0 Å². The normalized spacial score (nSPS) is 19.6. The van der Waals surface area contributed by atoms with E-state index in [1.54, 1.807) is 6.33 Å². The largest absolute Gasteiger partial charge is 0.312 e. The lowest BCUT2D eigenvalue weighted by Gasteiger charge is -2.25. The SMILES string of the molecule is Cn1cnnc1SCC1(CBr)CCCC1. The molecule has 0 saturated heterocycles. The number of hydrogen-bond acceptors (Lipinski definition) is 3. The van der Waals surface area contributed by atoms with Crippen LogP contribution in [0.1, 0.15) is 25.7 Å². The standard InChI is InChI=1S/C10H16BrN3S/c1-14-8-12-13-9(14)15-7-10(6-11)4-2-3-5-10/h8H,2-7H2,1H3. The zero-order valence-electron chi connectivity index (χ0n) is 8.95. The molecular formula is C10H16BrN3S. The molecule has 0 aromatic carbocycles. The molecule has 1 aromatic heterocycles. The van der Waals surface area contributed by atoms with E-state index in [9.17, 15) is 0 Å². The predicted octanol–water partition coefficient (Wildman–Crippen LogP) is 2.86. The number of hydrogen-bond donors (Lipinski definition) is 0. The third kappa shape index (κ3) is 2.56. The maximum Gasteiger partial charge on any atom is 0.190 e. The molecule has 0 unspecified atom stereocenters. The van der Waals surface area contributed by atoms with Gasteiger partial charge in [0.25, 0.3) is 0 Å². The van der Waals surface area contributed by atoms with Gasteiger partial charge in [0.1, 0.15) is 6.33 Å². The molecule has 0 atom stereocenters. The second-order valence-electron chi connectivity index (χ2n) is 4.35. The molecule has 0 N–H and O–H groups in total. The Morgan fingerprint density at radius 3 is 2.80 bits per heavy atom. The van der Waals surface area contributed by atoms with Crippen molar-refractivity contribution >= 4 is 27.7 Å². The Hall–Kier alpha value is -0.0300. The average Bonchev–Trinajstić information content (AvgIpc) is 2.85. The molecule has 0 radical (unpaired) electrons. The third-order valence-corrected chi connectivity index (χ3v) is 5.70. The monoisotopic (exact) mass is 289 g/mol. The molecule has 0 spiro atoms. The van der Waals surface area contributed by atoms with E-state index >= 15 is 0 Å². The molecule has 2 rings (SSSR count). The van der Waals surface area contributed by atoms with Crippen molar-refractivity contribution < 1.29 is 0 Å². The van der Waals surface area contributed by atoms with Gasteiger partial charge >= 0.3 is 0 Å². The molecule has 0 bridgehead atoms. The summed E-state index contributed by atoms with van der Waals surface area (Å²) in [7, 11) is 2.00. The molecule has 15 heavy (non-hydrogen) atoms. The maximum atomic E-state index is 4.10. The Labute approximate surface area is 103 Å². The molecule has 1 aliphatic rings. The summed E-state index contributed by atoms with van der Waals surface area (Å²) < 4.78 is 1.99. The van der Waals surface area contributed by atoms with Crippen LogP contribution < -0.4 is 0 Å². The molecule has 1 fully saturated rings. The Bertz CT molecular complexity index is 320. The summed E-state index contributed by atoms with van der Waals surface area (Å²) in [6.07, 6.45) is 7.22. The van der Waals surface area contributed by atoms with Gasteiger partial charge < -0.3 is 4.57 Å². The zero-order chi connectivity index (χ0) is 10.7. The first kappa shape index (κ1) is 11.5. The molecule has 1 aromatic rings. The van der Waals surface area contributed by atoms with E-state index in [2.05, 4.69) is 26.1 Å². The van der Waals surface area contributed by atoms with Crippen molar-refractivity contribution in [2.45, 2.75) is 30.8 Å². The molecule has 1 saturated carbocycles. The van der Waals surface area contributed by atoms with E-state index in [0.29, 0.717) is 5.41 Å². The number of nitrogens with zero attached hydrogens (tertiary/aromatic N) is 3. The van der Waals surface area contributed by atoms with Crippen molar-refractivity contribution in [3.8, 4) is 0 Å². The quantitative estimate of drug-likeness (QED) is 0.631. The van der Waals surface area contributed by atoms with E-state index in [1.807, 2.05) is 23.4 Å². The summed E-state index contributed by atoms with van der Waals surface area (Å²) >= 11 is 5.49. The Morgan fingerprint density at radius 1 is 1.53 bits per heavy atom. The van der Waals surface area contributed by atoms with Crippen molar-refractivity contribution in [3.63, 3.8) is 0 Å². The van der Waals surface area contributed by atoms with Crippen LogP contribution in [-0.4, -0.2) is 25.8 Å². The first-order valence-electron chi connectivity index (χ1n) is 5.29. The fourth-order valence-corrected chi connectivity index (χ4v) is 4.27. The zero-order valence-corrected chi connectivity index (χ0v) is 11.4. The average molecular weight is 290 g/mol. The molecule has 1 aliphatic carbocycles.